The molecule has 4 aromatic rings. The number of aromatic nitrogens is 1. The predicted octanol–water partition coefficient (Wildman–Crippen LogP) is 2.11. The number of rotatable bonds is 8. The minimum absolute atomic E-state index is 0.00211. The van der Waals surface area contributed by atoms with Crippen molar-refractivity contribution >= 4 is 33.3 Å². The number of carbonyl (C=O) groups is 1. The van der Waals surface area contributed by atoms with Crippen LogP contribution in [0, 0.1) is 0 Å². The molecule has 0 spiro atoms. The van der Waals surface area contributed by atoms with Crippen LogP contribution in [0.15, 0.2) is 51.1 Å². The predicted molar refractivity (Wildman–Crippen MR) is 151 cm³/mol. The number of nitrogens with one attached hydrogen (secondary N) is 1. The van der Waals surface area contributed by atoms with Crippen LogP contribution in [-0.4, -0.2) is 79.1 Å². The number of aliphatic hydroxyl groups excluding tert-OH is 3. The van der Waals surface area contributed by atoms with Crippen LogP contribution >= 0.6 is 11.3 Å². The first-order valence-electron chi connectivity index (χ1n) is 12.6. The molecule has 14 heteroatoms. The van der Waals surface area contributed by atoms with Gasteiger partial charge in [0.05, 0.1) is 34.0 Å². The van der Waals surface area contributed by atoms with Crippen molar-refractivity contribution in [2.45, 2.75) is 30.5 Å². The molecule has 2 aromatic heterocycles. The van der Waals surface area contributed by atoms with Gasteiger partial charge in [0.1, 0.15) is 52.6 Å². The molecule has 5 rings (SSSR count). The number of hydrogen-bond acceptors (Lipinski definition) is 13. The van der Waals surface area contributed by atoms with Crippen LogP contribution in [0.3, 0.4) is 0 Å². The first-order valence-corrected chi connectivity index (χ1v) is 13.5. The van der Waals surface area contributed by atoms with Gasteiger partial charge in [-0.05, 0) is 18.2 Å². The Morgan fingerprint density at radius 2 is 1.67 bits per heavy atom. The monoisotopic (exact) mass is 600 g/mol. The third-order valence-corrected chi connectivity index (χ3v) is 7.57. The van der Waals surface area contributed by atoms with Gasteiger partial charge in [-0.1, -0.05) is 0 Å². The van der Waals surface area contributed by atoms with E-state index in [4.69, 9.17) is 28.1 Å². The lowest BCUT2D eigenvalue weighted by atomic mass is 9.89. The van der Waals surface area contributed by atoms with Gasteiger partial charge in [-0.3, -0.25) is 14.9 Å². The summed E-state index contributed by atoms with van der Waals surface area (Å²) in [7, 11) is 5.63. The fourth-order valence-electron chi connectivity index (χ4n) is 4.86. The van der Waals surface area contributed by atoms with E-state index in [2.05, 4.69) is 10.3 Å². The first-order chi connectivity index (χ1) is 20.2. The summed E-state index contributed by atoms with van der Waals surface area (Å²) >= 11 is 1.14. The molecule has 0 saturated carbocycles. The van der Waals surface area contributed by atoms with E-state index in [1.165, 1.54) is 46.8 Å². The number of carbonyl (C=O) groups excluding carboxylic acids is 1. The Labute approximate surface area is 242 Å². The van der Waals surface area contributed by atoms with Crippen LogP contribution in [0.2, 0.25) is 0 Å². The van der Waals surface area contributed by atoms with E-state index >= 15 is 0 Å². The quantitative estimate of drug-likeness (QED) is 0.232. The minimum atomic E-state index is -1.80. The zero-order chi connectivity index (χ0) is 30.1. The fraction of sp³-hybridized carbons (Fsp3) is 0.321. The Morgan fingerprint density at radius 1 is 0.929 bits per heavy atom. The van der Waals surface area contributed by atoms with E-state index in [9.17, 15) is 24.9 Å². The van der Waals surface area contributed by atoms with Crippen molar-refractivity contribution in [3.63, 3.8) is 0 Å². The second-order valence-corrected chi connectivity index (χ2v) is 10.1. The Hall–Kier alpha value is -4.21. The fourth-order valence-corrected chi connectivity index (χ4v) is 5.39. The Kier molecular flexibility index (Phi) is 8.34. The van der Waals surface area contributed by atoms with Crippen LogP contribution in [0.5, 0.6) is 23.0 Å². The van der Waals surface area contributed by atoms with Crippen molar-refractivity contribution < 1.29 is 48.2 Å². The molecule has 42 heavy (non-hydrogen) atoms. The van der Waals surface area contributed by atoms with Crippen molar-refractivity contribution in [1.29, 1.82) is 0 Å². The molecular weight excluding hydrogens is 572 g/mol. The van der Waals surface area contributed by atoms with Crippen LogP contribution < -0.4 is 29.7 Å². The molecule has 2 aromatic carbocycles. The molecule has 1 aliphatic rings. The summed E-state index contributed by atoms with van der Waals surface area (Å²) in [5.41, 5.74) is 0.162. The SMILES string of the molecule is COc1ccc(-c2cc(=O)c3c(OC)c(C4OC(C(=O)Nc5nccs5)C(O)C(O)C4O)c(OC)cc3o2)cc1OC. The molecule has 5 unspecified atom stereocenters. The molecule has 1 amide bonds. The molecule has 4 N–H and O–H groups in total. The third kappa shape index (κ3) is 5.14. The molecule has 0 radical (unpaired) electrons. The van der Waals surface area contributed by atoms with Crippen molar-refractivity contribution in [2.24, 2.45) is 0 Å². The summed E-state index contributed by atoms with van der Waals surface area (Å²) in [6.45, 7) is 0. The molecule has 1 saturated heterocycles. The minimum Gasteiger partial charge on any atom is -0.496 e. The van der Waals surface area contributed by atoms with Crippen LogP contribution in [-0.2, 0) is 9.53 Å². The summed E-state index contributed by atoms with van der Waals surface area (Å²) < 4.78 is 33.8. The summed E-state index contributed by atoms with van der Waals surface area (Å²) in [5.74, 6) is 0.348. The van der Waals surface area contributed by atoms with E-state index in [-0.39, 0.29) is 38.9 Å². The average Bonchev–Trinajstić information content (AvgIpc) is 3.51. The topological polar surface area (TPSA) is 179 Å². The second kappa shape index (κ2) is 12.0. The maximum atomic E-state index is 13.5. The normalized spacial score (nSPS) is 22.0. The Bertz CT molecular complexity index is 1660. The van der Waals surface area contributed by atoms with Gasteiger partial charge in [0, 0.05) is 29.3 Å². The maximum absolute atomic E-state index is 13.5. The number of amides is 1. The molecule has 13 nitrogen and oxygen atoms in total. The van der Waals surface area contributed by atoms with Gasteiger partial charge in [0.25, 0.3) is 5.91 Å². The number of aliphatic hydroxyl groups is 3. The Morgan fingerprint density at radius 3 is 2.31 bits per heavy atom. The zero-order valence-corrected chi connectivity index (χ0v) is 23.7. The van der Waals surface area contributed by atoms with Gasteiger partial charge >= 0.3 is 0 Å². The molecular formula is C28H28N2O11S. The zero-order valence-electron chi connectivity index (χ0n) is 22.9. The number of hydrogen-bond donors (Lipinski definition) is 4. The highest BCUT2D eigenvalue weighted by Gasteiger charge is 2.49. The highest BCUT2D eigenvalue weighted by Crippen LogP contribution is 2.46. The number of ether oxygens (including phenoxy) is 5. The third-order valence-electron chi connectivity index (χ3n) is 6.89. The van der Waals surface area contributed by atoms with Crippen molar-refractivity contribution in [3.8, 4) is 34.3 Å². The van der Waals surface area contributed by atoms with Crippen molar-refractivity contribution in [2.75, 3.05) is 33.8 Å². The van der Waals surface area contributed by atoms with E-state index in [0.717, 1.165) is 11.3 Å². The second-order valence-electron chi connectivity index (χ2n) is 9.22. The lowest BCUT2D eigenvalue weighted by Gasteiger charge is -2.40. The van der Waals surface area contributed by atoms with Gasteiger partial charge in [-0.25, -0.2) is 4.98 Å². The number of benzene rings is 2. The highest BCUT2D eigenvalue weighted by molar-refractivity contribution is 7.13. The smallest absolute Gasteiger partial charge is 0.258 e. The molecule has 222 valence electrons. The molecule has 0 aliphatic carbocycles. The molecule has 1 aliphatic heterocycles. The van der Waals surface area contributed by atoms with E-state index in [1.807, 2.05) is 0 Å². The summed E-state index contributed by atoms with van der Waals surface area (Å²) in [6.07, 6.45) is -6.91. The average molecular weight is 601 g/mol. The molecule has 1 fully saturated rings. The van der Waals surface area contributed by atoms with Crippen molar-refractivity contribution in [3.05, 3.63) is 57.7 Å². The number of nitrogens with zero attached hydrogens (tertiary/aromatic N) is 1. The number of fused-ring (bicyclic) bond motifs is 1. The summed E-state index contributed by atoms with van der Waals surface area (Å²) in [5, 5.41) is 36.7. The van der Waals surface area contributed by atoms with Crippen LogP contribution in [0.1, 0.15) is 11.7 Å². The summed E-state index contributed by atoms with van der Waals surface area (Å²) in [6, 6.07) is 7.71. The highest BCUT2D eigenvalue weighted by atomic mass is 32.1. The maximum Gasteiger partial charge on any atom is 0.258 e. The largest absolute Gasteiger partial charge is 0.496 e. The lowest BCUT2D eigenvalue weighted by Crippen LogP contribution is -2.57. The van der Waals surface area contributed by atoms with E-state index < -0.39 is 41.9 Å². The van der Waals surface area contributed by atoms with E-state index in [1.54, 1.807) is 23.6 Å². The van der Waals surface area contributed by atoms with Crippen LogP contribution in [0.25, 0.3) is 22.3 Å². The molecule has 5 atom stereocenters. The van der Waals surface area contributed by atoms with Gasteiger partial charge in [0.15, 0.2) is 28.2 Å². The van der Waals surface area contributed by atoms with Gasteiger partial charge in [-0.15, -0.1) is 11.3 Å². The molecule has 0 bridgehead atoms. The number of anilines is 1. The van der Waals surface area contributed by atoms with Gasteiger partial charge < -0.3 is 43.4 Å². The lowest BCUT2D eigenvalue weighted by molar-refractivity contribution is -0.221. The van der Waals surface area contributed by atoms with Gasteiger partial charge in [-0.2, -0.15) is 0 Å². The van der Waals surface area contributed by atoms with E-state index in [0.29, 0.717) is 17.1 Å². The van der Waals surface area contributed by atoms with Crippen molar-refractivity contribution in [1.82, 2.24) is 4.98 Å². The van der Waals surface area contributed by atoms with Crippen LogP contribution in [0.4, 0.5) is 5.13 Å². The number of thiazole rings is 1. The first kappa shape index (κ1) is 29.3. The Balaban J connectivity index is 1.61. The molecule has 3 heterocycles. The van der Waals surface area contributed by atoms with Gasteiger partial charge in [0.2, 0.25) is 0 Å². The number of methoxy groups -OCH3 is 4. The standard InChI is InChI=1S/C28H28N2O11S/c1-36-14-6-5-12(9-16(14)37-2)15-10-13(31)19-18(40-15)11-17(38-3)20(24(19)39-4)25-22(33)21(32)23(34)26(41-25)27(35)30-28-29-7-8-42-28/h5-11,21-23,25-26,32-34H,1-4H3,(H,29,30,35). The summed E-state index contributed by atoms with van der Waals surface area (Å²) in [4.78, 5) is 30.5.